The molecule has 3 aromatic rings. The van der Waals surface area contributed by atoms with Gasteiger partial charge in [0.1, 0.15) is 9.88 Å². The number of carbonyl (C=O) groups is 1. The quantitative estimate of drug-likeness (QED) is 0.705. The summed E-state index contributed by atoms with van der Waals surface area (Å²) in [4.78, 5) is 18.5. The average Bonchev–Trinajstić information content (AvgIpc) is 3.24. The maximum absolute atomic E-state index is 12.3. The number of aryl methyl sites for hydroxylation is 2. The van der Waals surface area contributed by atoms with Crippen LogP contribution < -0.4 is 5.32 Å². The molecular formula is C15H16N4OS2. The van der Waals surface area contributed by atoms with Crippen molar-refractivity contribution in [1.29, 1.82) is 0 Å². The predicted molar refractivity (Wildman–Crippen MR) is 89.3 cm³/mol. The van der Waals surface area contributed by atoms with Crippen LogP contribution in [0.1, 0.15) is 21.8 Å². The van der Waals surface area contributed by atoms with E-state index in [1.54, 1.807) is 17.5 Å². The minimum atomic E-state index is -0.0433. The van der Waals surface area contributed by atoms with Gasteiger partial charge in [-0.2, -0.15) is 5.10 Å². The van der Waals surface area contributed by atoms with Crippen LogP contribution in [0.3, 0.4) is 0 Å². The number of thiazole rings is 1. The van der Waals surface area contributed by atoms with Crippen molar-refractivity contribution in [2.24, 2.45) is 0 Å². The fraction of sp³-hybridized carbons (Fsp3) is 0.267. The fourth-order valence-corrected chi connectivity index (χ4v) is 3.85. The molecule has 0 radical (unpaired) electrons. The van der Waals surface area contributed by atoms with Gasteiger partial charge in [0.05, 0.1) is 10.6 Å². The molecule has 114 valence electrons. The molecule has 22 heavy (non-hydrogen) atoms. The molecular weight excluding hydrogens is 316 g/mol. The summed E-state index contributed by atoms with van der Waals surface area (Å²) in [7, 11) is 0. The topological polar surface area (TPSA) is 59.8 Å². The molecule has 0 saturated heterocycles. The van der Waals surface area contributed by atoms with E-state index in [2.05, 4.69) is 15.4 Å². The van der Waals surface area contributed by atoms with Gasteiger partial charge < -0.3 is 5.32 Å². The highest BCUT2D eigenvalue weighted by Gasteiger charge is 2.16. The van der Waals surface area contributed by atoms with Crippen LogP contribution in [-0.2, 0) is 6.54 Å². The van der Waals surface area contributed by atoms with Crippen molar-refractivity contribution < 1.29 is 4.79 Å². The Balaban J connectivity index is 1.56. The SMILES string of the molecule is Cc1nc(-c2cccs2)sc1C(=O)NCCCn1cccn1. The second-order valence-electron chi connectivity index (χ2n) is 4.79. The van der Waals surface area contributed by atoms with E-state index in [4.69, 9.17) is 0 Å². The fourth-order valence-electron chi connectivity index (χ4n) is 2.07. The van der Waals surface area contributed by atoms with Gasteiger partial charge in [0.2, 0.25) is 0 Å². The lowest BCUT2D eigenvalue weighted by Gasteiger charge is -2.04. The third-order valence-corrected chi connectivity index (χ3v) is 5.34. The Hall–Kier alpha value is -1.99. The highest BCUT2D eigenvalue weighted by Crippen LogP contribution is 2.30. The molecule has 0 unspecified atom stereocenters. The van der Waals surface area contributed by atoms with Crippen LogP contribution in [-0.4, -0.2) is 27.2 Å². The molecule has 1 N–H and O–H groups in total. The predicted octanol–water partition coefficient (Wildman–Crippen LogP) is 3.20. The number of rotatable bonds is 6. The molecule has 0 aliphatic rings. The highest BCUT2D eigenvalue weighted by molar-refractivity contribution is 7.22. The van der Waals surface area contributed by atoms with E-state index in [-0.39, 0.29) is 5.91 Å². The number of aromatic nitrogens is 3. The second kappa shape index (κ2) is 6.85. The Morgan fingerprint density at radius 3 is 3.05 bits per heavy atom. The largest absolute Gasteiger partial charge is 0.351 e. The molecule has 0 aromatic carbocycles. The number of thiophene rings is 1. The zero-order valence-corrected chi connectivity index (χ0v) is 13.8. The summed E-state index contributed by atoms with van der Waals surface area (Å²) in [6, 6.07) is 5.91. The molecule has 0 fully saturated rings. The van der Waals surface area contributed by atoms with Gasteiger partial charge in [-0.05, 0) is 30.9 Å². The lowest BCUT2D eigenvalue weighted by Crippen LogP contribution is -2.25. The Morgan fingerprint density at radius 2 is 2.32 bits per heavy atom. The zero-order valence-electron chi connectivity index (χ0n) is 12.2. The molecule has 0 atom stereocenters. The van der Waals surface area contributed by atoms with E-state index in [9.17, 15) is 4.79 Å². The summed E-state index contributed by atoms with van der Waals surface area (Å²) < 4.78 is 1.86. The molecule has 0 spiro atoms. The molecule has 7 heteroatoms. The standard InChI is InChI=1S/C15H16N4OS2/c1-11-13(22-15(18-11)12-5-2-10-21-12)14(20)16-6-3-8-19-9-4-7-17-19/h2,4-5,7,9-10H,3,6,8H2,1H3,(H,16,20). The Morgan fingerprint density at radius 1 is 1.41 bits per heavy atom. The smallest absolute Gasteiger partial charge is 0.263 e. The van der Waals surface area contributed by atoms with Gasteiger partial charge in [0.15, 0.2) is 0 Å². The molecule has 3 heterocycles. The van der Waals surface area contributed by atoms with Crippen LogP contribution in [0.25, 0.3) is 9.88 Å². The maximum atomic E-state index is 12.3. The van der Waals surface area contributed by atoms with Gasteiger partial charge in [-0.25, -0.2) is 4.98 Å². The number of hydrogen-bond donors (Lipinski definition) is 1. The Bertz CT molecular complexity index is 732. The summed E-state index contributed by atoms with van der Waals surface area (Å²) in [6.45, 7) is 3.31. The lowest BCUT2D eigenvalue weighted by molar-refractivity contribution is 0.0956. The molecule has 3 rings (SSSR count). The number of nitrogens with zero attached hydrogens (tertiary/aromatic N) is 3. The third-order valence-electron chi connectivity index (χ3n) is 3.14. The molecule has 0 aliphatic heterocycles. The van der Waals surface area contributed by atoms with Crippen molar-refractivity contribution in [3.63, 3.8) is 0 Å². The minimum absolute atomic E-state index is 0.0433. The second-order valence-corrected chi connectivity index (χ2v) is 6.74. The van der Waals surface area contributed by atoms with Crippen LogP contribution in [0.2, 0.25) is 0 Å². The van der Waals surface area contributed by atoms with E-state index < -0.39 is 0 Å². The first-order valence-corrected chi connectivity index (χ1v) is 8.70. The van der Waals surface area contributed by atoms with E-state index >= 15 is 0 Å². The van der Waals surface area contributed by atoms with Crippen molar-refractivity contribution in [3.8, 4) is 9.88 Å². The van der Waals surface area contributed by atoms with Gasteiger partial charge in [-0.3, -0.25) is 9.48 Å². The van der Waals surface area contributed by atoms with E-state index in [1.165, 1.54) is 11.3 Å². The lowest BCUT2D eigenvalue weighted by atomic mass is 10.3. The summed E-state index contributed by atoms with van der Waals surface area (Å²) in [5.74, 6) is -0.0433. The molecule has 0 bridgehead atoms. The maximum Gasteiger partial charge on any atom is 0.263 e. The van der Waals surface area contributed by atoms with E-state index in [1.807, 2.05) is 41.4 Å². The van der Waals surface area contributed by atoms with Gasteiger partial charge in [0, 0.05) is 25.5 Å². The zero-order chi connectivity index (χ0) is 15.4. The van der Waals surface area contributed by atoms with Gasteiger partial charge >= 0.3 is 0 Å². The van der Waals surface area contributed by atoms with Gasteiger partial charge in [-0.1, -0.05) is 6.07 Å². The first kappa shape index (κ1) is 14.9. The normalized spacial score (nSPS) is 10.8. The number of hydrogen-bond acceptors (Lipinski definition) is 5. The number of carbonyl (C=O) groups excluding carboxylic acids is 1. The van der Waals surface area contributed by atoms with Crippen LogP contribution in [0.4, 0.5) is 0 Å². The van der Waals surface area contributed by atoms with Crippen LogP contribution in [0, 0.1) is 6.92 Å². The average molecular weight is 332 g/mol. The number of nitrogens with one attached hydrogen (secondary N) is 1. The summed E-state index contributed by atoms with van der Waals surface area (Å²) >= 11 is 3.09. The number of amides is 1. The Labute approximate surface area is 136 Å². The van der Waals surface area contributed by atoms with Crippen molar-refractivity contribution in [2.45, 2.75) is 19.9 Å². The molecule has 0 aliphatic carbocycles. The van der Waals surface area contributed by atoms with Crippen LogP contribution in [0.15, 0.2) is 36.0 Å². The van der Waals surface area contributed by atoms with Crippen molar-refractivity contribution >= 4 is 28.6 Å². The molecule has 5 nitrogen and oxygen atoms in total. The first-order valence-electron chi connectivity index (χ1n) is 7.01. The van der Waals surface area contributed by atoms with Gasteiger partial charge in [0.25, 0.3) is 5.91 Å². The summed E-state index contributed by atoms with van der Waals surface area (Å²) in [5, 5.41) is 10.0. The van der Waals surface area contributed by atoms with Crippen molar-refractivity contribution in [1.82, 2.24) is 20.1 Å². The van der Waals surface area contributed by atoms with E-state index in [0.29, 0.717) is 11.4 Å². The molecule has 1 amide bonds. The minimum Gasteiger partial charge on any atom is -0.351 e. The van der Waals surface area contributed by atoms with Crippen LogP contribution in [0.5, 0.6) is 0 Å². The first-order chi connectivity index (χ1) is 10.7. The highest BCUT2D eigenvalue weighted by atomic mass is 32.1. The van der Waals surface area contributed by atoms with Gasteiger partial charge in [-0.15, -0.1) is 22.7 Å². The summed E-state index contributed by atoms with van der Waals surface area (Å²) in [6.07, 6.45) is 4.52. The van der Waals surface area contributed by atoms with E-state index in [0.717, 1.165) is 28.5 Å². The van der Waals surface area contributed by atoms with Crippen molar-refractivity contribution in [3.05, 3.63) is 46.5 Å². The molecule has 0 saturated carbocycles. The van der Waals surface area contributed by atoms with Crippen molar-refractivity contribution in [2.75, 3.05) is 6.54 Å². The summed E-state index contributed by atoms with van der Waals surface area (Å²) in [5.41, 5.74) is 0.790. The monoisotopic (exact) mass is 332 g/mol. The Kier molecular flexibility index (Phi) is 4.65. The molecule has 3 aromatic heterocycles. The van der Waals surface area contributed by atoms with Crippen LogP contribution >= 0.6 is 22.7 Å². The third kappa shape index (κ3) is 3.42.